The number of aromatic nitrogens is 12. The molecule has 674 valence electrons. The Labute approximate surface area is 834 Å². The lowest BCUT2D eigenvalue weighted by atomic mass is 9.74. The average Bonchev–Trinajstić information content (AvgIpc) is 1.53. The van der Waals surface area contributed by atoms with Crippen molar-refractivity contribution in [1.82, 2.24) is 58.1 Å². The molecule has 0 bridgehead atoms. The van der Waals surface area contributed by atoms with Crippen molar-refractivity contribution >= 4 is 150 Å². The third-order valence-corrected chi connectivity index (χ3v) is 33.1. The van der Waals surface area contributed by atoms with Crippen LogP contribution in [0.3, 0.4) is 0 Å². The zero-order valence-corrected chi connectivity index (χ0v) is 80.0. The van der Waals surface area contributed by atoms with E-state index in [1.54, 1.807) is 0 Å². The first-order valence-corrected chi connectivity index (χ1v) is 50.7. The van der Waals surface area contributed by atoms with Gasteiger partial charge in [0.2, 0.25) is 0 Å². The van der Waals surface area contributed by atoms with Crippen molar-refractivity contribution in [2.45, 2.75) is 38.0 Å². The molecule has 18 aromatic carbocycles. The number of thiophene rings is 2. The van der Waals surface area contributed by atoms with Gasteiger partial charge in [0.05, 0.1) is 66.9 Å². The second-order valence-electron chi connectivity index (χ2n) is 38.9. The van der Waals surface area contributed by atoms with Crippen LogP contribution in [0.25, 0.3) is 263 Å². The Hall–Kier alpha value is -18.1. The monoisotopic (exact) mass is 1870 g/mol. The van der Waals surface area contributed by atoms with Gasteiger partial charge in [0.25, 0.3) is 0 Å². The second-order valence-corrected chi connectivity index (χ2v) is 41.0. The first-order valence-electron chi connectivity index (χ1n) is 49.0. The molecule has 0 aliphatic heterocycles. The van der Waals surface area contributed by atoms with Crippen LogP contribution >= 0.6 is 22.7 Å². The molecule has 0 fully saturated rings. The standard InChI is InChI=1S/C130H82N12S2/c1-129(2)99-45-23-16-38-83(99)87-55-62-109-115(119(87)129)91-42-18-25-47-101(91)141(109)107-66-68-131-74-97(107)94-71-81(127-135-123(77-30-8-4-9-31-77)133-124(136-127)78-32-10-5-11-33-78)53-60-104(94)139-102-48-26-19-43-92(102)116-110(139)63-56-88-84-39-17-24-46-100(84)130(3,120(88)116)73-76-52-59-106-96(70-76)118-112(65-58-90-86-41-22-29-51-114(86)144-122(90)118)142(106)108-67-69-132-75-98(108)95-72-82(128-137-125(79-34-12-6-13-35-79)134-126(138-128)80-36-14-7-15-37-80)54-61-105(95)140-103-49-27-20-44-93(103)117-111(140)64-57-89-85-40-21-28-50-113(85)143-121(89)117/h4-72,74-75H,73H2,1-3H3. The van der Waals surface area contributed by atoms with Crippen LogP contribution in [0.4, 0.5) is 0 Å². The lowest BCUT2D eigenvalue weighted by Crippen LogP contribution is -2.24. The summed E-state index contributed by atoms with van der Waals surface area (Å²) in [5.74, 6) is 3.45. The summed E-state index contributed by atoms with van der Waals surface area (Å²) in [5.41, 5.74) is 32.3. The smallest absolute Gasteiger partial charge is 0.164 e. The number of fused-ring (bicyclic) bond motifs is 28. The quantitative estimate of drug-likeness (QED) is 0.105. The molecule has 2 aliphatic carbocycles. The van der Waals surface area contributed by atoms with E-state index in [2.05, 4.69) is 385 Å². The highest BCUT2D eigenvalue weighted by atomic mass is 32.1. The zero-order chi connectivity index (χ0) is 94.9. The predicted molar refractivity (Wildman–Crippen MR) is 595 cm³/mol. The van der Waals surface area contributed by atoms with Gasteiger partial charge in [0, 0.05) is 175 Å². The molecule has 0 N–H and O–H groups in total. The summed E-state index contributed by atoms with van der Waals surface area (Å²) in [6.45, 7) is 7.31. The van der Waals surface area contributed by atoms with Gasteiger partial charge in [0.1, 0.15) is 0 Å². The van der Waals surface area contributed by atoms with Crippen molar-refractivity contribution in [2.75, 3.05) is 0 Å². The molecule has 0 saturated carbocycles. The Morgan fingerprint density at radius 1 is 0.229 bits per heavy atom. The third kappa shape index (κ3) is 12.1. The van der Waals surface area contributed by atoms with Gasteiger partial charge < -0.3 is 18.3 Å². The minimum atomic E-state index is -0.599. The summed E-state index contributed by atoms with van der Waals surface area (Å²) in [7, 11) is 0. The van der Waals surface area contributed by atoms with Crippen molar-refractivity contribution in [3.8, 4) is 136 Å². The van der Waals surface area contributed by atoms with Crippen molar-refractivity contribution in [3.63, 3.8) is 0 Å². The number of pyridine rings is 2. The predicted octanol–water partition coefficient (Wildman–Crippen LogP) is 33.1. The Morgan fingerprint density at radius 2 is 0.569 bits per heavy atom. The number of hydrogen-bond donors (Lipinski definition) is 0. The van der Waals surface area contributed by atoms with E-state index in [9.17, 15) is 0 Å². The number of nitrogens with zero attached hydrogens (tertiary/aromatic N) is 12. The molecule has 12 nitrogen and oxygen atoms in total. The first-order chi connectivity index (χ1) is 71.1. The van der Waals surface area contributed by atoms with Crippen LogP contribution in [0.5, 0.6) is 0 Å². The molecule has 144 heavy (non-hydrogen) atoms. The summed E-state index contributed by atoms with van der Waals surface area (Å²) < 4.78 is 15.0. The molecule has 2 aliphatic rings. The van der Waals surface area contributed by atoms with Crippen LogP contribution in [-0.2, 0) is 17.3 Å². The van der Waals surface area contributed by atoms with Crippen LogP contribution in [0.2, 0.25) is 0 Å². The lowest BCUT2D eigenvalue weighted by Gasteiger charge is -2.29. The Morgan fingerprint density at radius 3 is 1.03 bits per heavy atom. The molecule has 14 heteroatoms. The van der Waals surface area contributed by atoms with E-state index < -0.39 is 5.41 Å². The van der Waals surface area contributed by atoms with Gasteiger partial charge in [-0.05, 0) is 172 Å². The second kappa shape index (κ2) is 31.5. The minimum Gasteiger partial charge on any atom is -0.309 e. The molecule has 10 heterocycles. The van der Waals surface area contributed by atoms with Crippen LogP contribution in [0.15, 0.2) is 431 Å². The fourth-order valence-electron chi connectivity index (χ4n) is 24.5. The van der Waals surface area contributed by atoms with Crippen LogP contribution < -0.4 is 0 Å². The molecule has 0 amide bonds. The number of hydrogen-bond acceptors (Lipinski definition) is 10. The highest BCUT2D eigenvalue weighted by Gasteiger charge is 2.44. The van der Waals surface area contributed by atoms with Gasteiger partial charge in [-0.2, -0.15) is 0 Å². The summed E-state index contributed by atoms with van der Waals surface area (Å²) in [6, 6.07) is 148. The van der Waals surface area contributed by atoms with E-state index in [0.29, 0.717) is 41.4 Å². The maximum atomic E-state index is 5.45. The van der Waals surface area contributed by atoms with Crippen LogP contribution in [0.1, 0.15) is 48.6 Å². The van der Waals surface area contributed by atoms with Gasteiger partial charge in [0.15, 0.2) is 34.9 Å². The molecule has 0 saturated heterocycles. The van der Waals surface area contributed by atoms with Gasteiger partial charge in [-0.25, -0.2) is 29.9 Å². The fraction of sp³-hybridized carbons (Fsp3) is 0.0462. The maximum absolute atomic E-state index is 5.45. The molecular formula is C130H82N12S2. The lowest BCUT2D eigenvalue weighted by molar-refractivity contribution is 0.588. The van der Waals surface area contributed by atoms with Crippen LogP contribution in [-0.4, -0.2) is 58.1 Å². The van der Waals surface area contributed by atoms with E-state index in [1.807, 2.05) is 108 Å². The summed E-state index contributed by atoms with van der Waals surface area (Å²) in [6.07, 6.45) is 8.75. The summed E-state index contributed by atoms with van der Waals surface area (Å²) in [4.78, 5) is 42.5. The van der Waals surface area contributed by atoms with Gasteiger partial charge in [-0.3, -0.25) is 9.97 Å². The number of rotatable bonds is 14. The average molecular weight is 1880 g/mol. The topological polar surface area (TPSA) is 123 Å². The maximum Gasteiger partial charge on any atom is 0.164 e. The van der Waals surface area contributed by atoms with Gasteiger partial charge in [-0.1, -0.05) is 312 Å². The molecular weight excluding hydrogens is 1790 g/mol. The van der Waals surface area contributed by atoms with Gasteiger partial charge >= 0.3 is 0 Å². The van der Waals surface area contributed by atoms with E-state index in [1.165, 1.54) is 123 Å². The summed E-state index contributed by atoms with van der Waals surface area (Å²) >= 11 is 3.74. The molecule has 30 rings (SSSR count). The van der Waals surface area contributed by atoms with Crippen molar-refractivity contribution in [2.24, 2.45) is 0 Å². The third-order valence-electron chi connectivity index (χ3n) is 30.7. The molecule has 0 spiro atoms. The van der Waals surface area contributed by atoms with E-state index in [-0.39, 0.29) is 5.41 Å². The van der Waals surface area contributed by atoms with E-state index in [4.69, 9.17) is 39.9 Å². The first kappa shape index (κ1) is 81.9. The fourth-order valence-corrected chi connectivity index (χ4v) is 27.0. The highest BCUT2D eigenvalue weighted by molar-refractivity contribution is 7.27. The molecule has 0 radical (unpaired) electrons. The largest absolute Gasteiger partial charge is 0.309 e. The Balaban J connectivity index is 0.626. The highest BCUT2D eigenvalue weighted by Crippen LogP contribution is 2.59. The SMILES string of the molecule is CC1(C)c2ccccc2-c2ccc3c(c21)c1ccccc1n3-c1ccncc1-c1cc(-c2nc(-c3ccccc3)nc(-c3ccccc3)n2)ccc1-n1c2ccccc2c2c3c(ccc21)-c1ccccc1C3(C)Cc1ccc2c(c1)c1c3sc4ccccc4c3ccc1n2-c1ccncc1-c1cc(-c2nc(-c3ccccc3)nc(-c3ccccc3)n2)ccc1-n1c2ccccc2c2c3sc4ccccc4c3ccc21. The van der Waals surface area contributed by atoms with Crippen LogP contribution in [0, 0.1) is 0 Å². The molecule has 1 atom stereocenters. The van der Waals surface area contributed by atoms with E-state index >= 15 is 0 Å². The van der Waals surface area contributed by atoms with Crippen molar-refractivity contribution in [1.29, 1.82) is 0 Å². The minimum absolute atomic E-state index is 0.286. The molecule has 28 aromatic rings. The van der Waals surface area contributed by atoms with E-state index in [0.717, 1.165) is 133 Å². The molecule has 1 unspecified atom stereocenters. The van der Waals surface area contributed by atoms with Gasteiger partial charge in [-0.15, -0.1) is 22.7 Å². The number of benzene rings is 18. The normalized spacial score (nSPS) is 13.8. The Kier molecular flexibility index (Phi) is 17.9. The van der Waals surface area contributed by atoms with Crippen molar-refractivity contribution in [3.05, 3.63) is 459 Å². The Bertz CT molecular complexity index is 10200. The molecule has 10 aromatic heterocycles. The zero-order valence-electron chi connectivity index (χ0n) is 78.4. The van der Waals surface area contributed by atoms with Crippen molar-refractivity contribution < 1.29 is 0 Å². The summed E-state index contributed by atoms with van der Waals surface area (Å²) in [5, 5.41) is 14.6. The number of para-hydroxylation sites is 3.